The third-order valence-corrected chi connectivity index (χ3v) is 7.75. The number of aromatic nitrogens is 1. The monoisotopic (exact) mass is 564 g/mol. The highest BCUT2D eigenvalue weighted by Gasteiger charge is 2.36. The number of benzene rings is 2. The zero-order valence-corrected chi connectivity index (χ0v) is 23.9. The Bertz CT molecular complexity index is 1260. The zero-order valence-electron chi connectivity index (χ0n) is 21.5. The lowest BCUT2D eigenvalue weighted by Crippen LogP contribution is -2.41. The second-order valence-electron chi connectivity index (χ2n) is 9.43. The van der Waals surface area contributed by atoms with E-state index >= 15 is 0 Å². The van der Waals surface area contributed by atoms with E-state index in [4.69, 9.17) is 16.3 Å². The number of nitrogens with zero attached hydrogens (tertiary/aromatic N) is 3. The summed E-state index contributed by atoms with van der Waals surface area (Å²) in [4.78, 5) is 19.1. The molecular formula is C26H33ClN4O4S2. The Morgan fingerprint density at radius 2 is 1.86 bits per heavy atom. The van der Waals surface area contributed by atoms with Crippen LogP contribution in [0, 0.1) is 0 Å². The molecule has 200 valence electrons. The first-order valence-corrected chi connectivity index (χ1v) is 14.7. The second-order valence-corrected chi connectivity index (χ2v) is 12.3. The molecule has 11 heteroatoms. The summed E-state index contributed by atoms with van der Waals surface area (Å²) >= 11 is 7.64. The van der Waals surface area contributed by atoms with Crippen LogP contribution in [0.1, 0.15) is 39.7 Å². The maximum absolute atomic E-state index is 13.5. The Hall–Kier alpha value is -2.66. The molecule has 8 nitrogen and oxygen atoms in total. The van der Waals surface area contributed by atoms with E-state index in [1.165, 1.54) is 39.9 Å². The maximum atomic E-state index is 13.5. The van der Waals surface area contributed by atoms with Crippen LogP contribution < -0.4 is 9.62 Å². The summed E-state index contributed by atoms with van der Waals surface area (Å²) in [6.07, 6.45) is -0.000966. The molecule has 0 aliphatic carbocycles. The summed E-state index contributed by atoms with van der Waals surface area (Å²) in [7, 11) is -4.33. The Kier molecular flexibility index (Phi) is 9.94. The van der Waals surface area contributed by atoms with Crippen LogP contribution in [0.3, 0.4) is 0 Å². The van der Waals surface area contributed by atoms with Crippen molar-refractivity contribution in [2.45, 2.75) is 51.2 Å². The lowest BCUT2D eigenvalue weighted by molar-refractivity contribution is 0.0608. The highest BCUT2D eigenvalue weighted by Crippen LogP contribution is 2.30. The molecule has 3 rings (SSSR count). The number of carbonyl (C=O) groups excluding carboxylic acids is 1. The zero-order chi connectivity index (χ0) is 27.1. The molecule has 0 radical (unpaired) electrons. The van der Waals surface area contributed by atoms with Gasteiger partial charge in [-0.05, 0) is 57.5 Å². The lowest BCUT2D eigenvalue weighted by Gasteiger charge is -2.26. The van der Waals surface area contributed by atoms with Gasteiger partial charge in [0.1, 0.15) is 5.60 Å². The predicted octanol–water partition coefficient (Wildman–Crippen LogP) is 6.25. The van der Waals surface area contributed by atoms with Crippen LogP contribution in [0.2, 0.25) is 5.02 Å². The molecule has 1 N–H and O–H groups in total. The van der Waals surface area contributed by atoms with Crippen LogP contribution >= 0.6 is 22.9 Å². The van der Waals surface area contributed by atoms with Crippen molar-refractivity contribution in [1.29, 1.82) is 0 Å². The van der Waals surface area contributed by atoms with Gasteiger partial charge < -0.3 is 10.1 Å². The van der Waals surface area contributed by atoms with Gasteiger partial charge in [-0.15, -0.1) is 15.6 Å². The second kappa shape index (κ2) is 12.7. The van der Waals surface area contributed by atoms with Gasteiger partial charge in [-0.2, -0.15) is 0 Å². The smallest absolute Gasteiger partial charge is 0.430 e. The summed E-state index contributed by atoms with van der Waals surface area (Å²) in [6, 6.07) is 14.6. The molecule has 0 saturated carbocycles. The van der Waals surface area contributed by atoms with Gasteiger partial charge in [0.05, 0.1) is 21.1 Å². The minimum absolute atomic E-state index is 0.0352. The molecule has 0 fully saturated rings. The van der Waals surface area contributed by atoms with Crippen LogP contribution in [-0.2, 0) is 21.3 Å². The van der Waals surface area contributed by atoms with Crippen molar-refractivity contribution in [3.05, 3.63) is 70.0 Å². The van der Waals surface area contributed by atoms with E-state index < -0.39 is 21.7 Å². The number of carbonyl (C=O) groups is 1. The molecule has 1 heterocycles. The molecular weight excluding hydrogens is 532 g/mol. The quantitative estimate of drug-likeness (QED) is 0.294. The molecule has 1 amide bonds. The standard InChI is InChI=1S/C26H33ClN4O4S2/c1-5-14-30(17-20-9-7-6-8-10-20)15-13-28-23-12-11-21(16-22(23)27)37(33,34)31(24-18-36-19-29-24)25(32)35-26(2,3)4/h6-12,16,18-19,28H,5,13-15,17H2,1-4H3. The first-order chi connectivity index (χ1) is 17.5. The van der Waals surface area contributed by atoms with E-state index in [1.807, 2.05) is 18.2 Å². The number of sulfonamides is 1. The van der Waals surface area contributed by atoms with E-state index in [0.717, 1.165) is 26.1 Å². The van der Waals surface area contributed by atoms with Crippen molar-refractivity contribution in [3.8, 4) is 0 Å². The number of rotatable bonds is 11. The number of amides is 1. The Labute approximate surface area is 228 Å². The summed E-state index contributed by atoms with van der Waals surface area (Å²) < 4.78 is 32.9. The number of ether oxygens (including phenoxy) is 1. The lowest BCUT2D eigenvalue weighted by atomic mass is 10.2. The van der Waals surface area contributed by atoms with Crippen LogP contribution in [0.15, 0.2) is 64.3 Å². The van der Waals surface area contributed by atoms with E-state index in [1.54, 1.807) is 26.8 Å². The van der Waals surface area contributed by atoms with Crippen LogP contribution in [-0.4, -0.2) is 49.6 Å². The van der Waals surface area contributed by atoms with Gasteiger partial charge in [0.15, 0.2) is 5.82 Å². The first-order valence-electron chi connectivity index (χ1n) is 12.0. The van der Waals surface area contributed by atoms with Gasteiger partial charge in [0.2, 0.25) is 0 Å². The molecule has 2 aromatic carbocycles. The maximum Gasteiger partial charge on any atom is 0.430 e. The molecule has 0 atom stereocenters. The van der Waals surface area contributed by atoms with Crippen molar-refractivity contribution >= 4 is 50.6 Å². The molecule has 0 unspecified atom stereocenters. The SMILES string of the molecule is CCCN(CCNc1ccc(S(=O)(=O)N(C(=O)OC(C)(C)C)c2cscn2)cc1Cl)Cc1ccccc1. The summed E-state index contributed by atoms with van der Waals surface area (Å²) in [6.45, 7) is 10.3. The van der Waals surface area contributed by atoms with Gasteiger partial charge in [-0.1, -0.05) is 48.9 Å². The number of hydrogen-bond donors (Lipinski definition) is 1. The fourth-order valence-corrected chi connectivity index (χ4v) is 5.80. The Balaban J connectivity index is 1.73. The fourth-order valence-electron chi connectivity index (χ4n) is 3.61. The van der Waals surface area contributed by atoms with E-state index in [0.29, 0.717) is 16.5 Å². The minimum atomic E-state index is -4.33. The molecule has 0 spiro atoms. The van der Waals surface area contributed by atoms with Gasteiger partial charge in [0, 0.05) is 25.0 Å². The fraction of sp³-hybridized carbons (Fsp3) is 0.385. The predicted molar refractivity (Wildman–Crippen MR) is 150 cm³/mol. The van der Waals surface area contributed by atoms with Gasteiger partial charge in [-0.3, -0.25) is 4.90 Å². The van der Waals surface area contributed by atoms with Crippen LogP contribution in [0.25, 0.3) is 0 Å². The molecule has 0 aliphatic heterocycles. The van der Waals surface area contributed by atoms with E-state index in [-0.39, 0.29) is 15.7 Å². The number of hydrogen-bond acceptors (Lipinski definition) is 8. The first kappa shape index (κ1) is 28.9. The van der Waals surface area contributed by atoms with Crippen molar-refractivity contribution in [2.24, 2.45) is 0 Å². The van der Waals surface area contributed by atoms with Crippen molar-refractivity contribution in [3.63, 3.8) is 0 Å². The van der Waals surface area contributed by atoms with E-state index in [9.17, 15) is 13.2 Å². The highest BCUT2D eigenvalue weighted by molar-refractivity contribution is 7.93. The molecule has 37 heavy (non-hydrogen) atoms. The molecule has 0 bridgehead atoms. The van der Waals surface area contributed by atoms with E-state index in [2.05, 4.69) is 34.3 Å². The van der Waals surface area contributed by atoms with Gasteiger partial charge in [0.25, 0.3) is 10.0 Å². The summed E-state index contributed by atoms with van der Waals surface area (Å²) in [5, 5.41) is 4.99. The largest absolute Gasteiger partial charge is 0.443 e. The molecule has 3 aromatic rings. The molecule has 0 aliphatic rings. The number of halogens is 1. The topological polar surface area (TPSA) is 91.8 Å². The highest BCUT2D eigenvalue weighted by atomic mass is 35.5. The molecule has 1 aromatic heterocycles. The van der Waals surface area contributed by atoms with Crippen molar-refractivity contribution in [1.82, 2.24) is 9.88 Å². The summed E-state index contributed by atoms with van der Waals surface area (Å²) in [5.74, 6) is -0.0352. The average molecular weight is 565 g/mol. The number of nitrogens with one attached hydrogen (secondary N) is 1. The number of thiazole rings is 1. The third-order valence-electron chi connectivity index (χ3n) is 5.20. The van der Waals surface area contributed by atoms with Crippen LogP contribution in [0.4, 0.5) is 16.3 Å². The van der Waals surface area contributed by atoms with Crippen LogP contribution in [0.5, 0.6) is 0 Å². The van der Waals surface area contributed by atoms with Gasteiger partial charge >= 0.3 is 6.09 Å². The summed E-state index contributed by atoms with van der Waals surface area (Å²) in [5.41, 5.74) is 2.41. The van der Waals surface area contributed by atoms with Crippen molar-refractivity contribution < 1.29 is 17.9 Å². The average Bonchev–Trinajstić information content (AvgIpc) is 3.33. The number of anilines is 2. The minimum Gasteiger partial charge on any atom is -0.443 e. The third kappa shape index (κ3) is 8.16. The van der Waals surface area contributed by atoms with Gasteiger partial charge in [-0.25, -0.2) is 18.2 Å². The normalized spacial score (nSPS) is 11.9. The Morgan fingerprint density at radius 1 is 1.14 bits per heavy atom. The molecule has 0 saturated heterocycles. The Morgan fingerprint density at radius 3 is 2.46 bits per heavy atom. The van der Waals surface area contributed by atoms with Crippen molar-refractivity contribution in [2.75, 3.05) is 29.3 Å².